The molecule has 0 aromatic carbocycles. The van der Waals surface area contributed by atoms with E-state index in [1.807, 2.05) is 9.80 Å². The Kier molecular flexibility index (Phi) is 10.2. The van der Waals surface area contributed by atoms with Crippen LogP contribution in [0.25, 0.3) is 0 Å². The fourth-order valence-electron chi connectivity index (χ4n) is 4.32. The van der Waals surface area contributed by atoms with Crippen LogP contribution in [-0.2, 0) is 9.59 Å². The molecule has 8 heteroatoms. The molecule has 0 bridgehead atoms. The fraction of sp³-hybridized carbons (Fsp3) is 0.889. The molecule has 2 atom stereocenters. The minimum absolute atomic E-state index is 0. The van der Waals surface area contributed by atoms with Crippen molar-refractivity contribution in [2.45, 2.75) is 57.5 Å². The van der Waals surface area contributed by atoms with Crippen LogP contribution in [0.15, 0.2) is 0 Å². The summed E-state index contributed by atoms with van der Waals surface area (Å²) in [7, 11) is 0. The lowest BCUT2D eigenvalue weighted by Crippen LogP contribution is -2.59. The van der Waals surface area contributed by atoms with Gasteiger partial charge in [-0.25, -0.2) is 0 Å². The van der Waals surface area contributed by atoms with Crippen molar-refractivity contribution in [1.29, 1.82) is 0 Å². The van der Waals surface area contributed by atoms with Crippen LogP contribution in [0.5, 0.6) is 0 Å². The van der Waals surface area contributed by atoms with Crippen molar-refractivity contribution < 1.29 is 9.59 Å². The molecular weight excluding hydrogens is 375 g/mol. The molecule has 152 valence electrons. The Bertz CT molecular complexity index is 458. The van der Waals surface area contributed by atoms with Crippen molar-refractivity contribution in [3.63, 3.8) is 0 Å². The van der Waals surface area contributed by atoms with Crippen molar-refractivity contribution in [3.05, 3.63) is 0 Å². The predicted molar refractivity (Wildman–Crippen MR) is 108 cm³/mol. The maximum atomic E-state index is 13.0. The summed E-state index contributed by atoms with van der Waals surface area (Å²) in [5.74, 6) is 0.435. The second-order valence-corrected chi connectivity index (χ2v) is 7.47. The van der Waals surface area contributed by atoms with Gasteiger partial charge < -0.3 is 15.1 Å². The third-order valence-corrected chi connectivity index (χ3v) is 5.82. The molecule has 0 spiro atoms. The Balaban J connectivity index is 0.00000169. The summed E-state index contributed by atoms with van der Waals surface area (Å²) in [5.41, 5.74) is 0. The summed E-state index contributed by atoms with van der Waals surface area (Å²) < 4.78 is 0. The average molecular weight is 409 g/mol. The zero-order chi connectivity index (χ0) is 16.9. The number of amides is 2. The van der Waals surface area contributed by atoms with E-state index in [0.29, 0.717) is 13.1 Å². The van der Waals surface area contributed by atoms with Crippen LogP contribution in [-0.4, -0.2) is 84.4 Å². The van der Waals surface area contributed by atoms with Crippen LogP contribution >= 0.6 is 24.8 Å². The molecule has 3 aliphatic heterocycles. The first-order valence-electron chi connectivity index (χ1n) is 9.70. The van der Waals surface area contributed by atoms with Crippen molar-refractivity contribution in [3.8, 4) is 0 Å². The molecule has 1 N–H and O–H groups in total. The van der Waals surface area contributed by atoms with Gasteiger partial charge in [0, 0.05) is 32.2 Å². The molecule has 2 amide bonds. The monoisotopic (exact) mass is 408 g/mol. The molecule has 6 nitrogen and oxygen atoms in total. The molecule has 3 rings (SSSR count). The van der Waals surface area contributed by atoms with Gasteiger partial charge in [-0.1, -0.05) is 12.8 Å². The second-order valence-electron chi connectivity index (χ2n) is 7.47. The summed E-state index contributed by atoms with van der Waals surface area (Å²) in [5, 5.41) is 3.13. The van der Waals surface area contributed by atoms with E-state index in [-0.39, 0.29) is 48.7 Å². The summed E-state index contributed by atoms with van der Waals surface area (Å²) in [6.07, 6.45) is 7.00. The molecule has 0 aromatic rings. The van der Waals surface area contributed by atoms with E-state index in [9.17, 15) is 9.59 Å². The third kappa shape index (κ3) is 5.72. The molecule has 0 aromatic heterocycles. The summed E-state index contributed by atoms with van der Waals surface area (Å²) >= 11 is 0. The van der Waals surface area contributed by atoms with Gasteiger partial charge in [0.1, 0.15) is 0 Å². The number of likely N-dealkylation sites (tertiary alicyclic amines) is 2. The molecule has 26 heavy (non-hydrogen) atoms. The number of rotatable bonds is 3. The lowest BCUT2D eigenvalue weighted by Gasteiger charge is -2.42. The fourth-order valence-corrected chi connectivity index (χ4v) is 4.32. The van der Waals surface area contributed by atoms with Gasteiger partial charge in [-0.2, -0.15) is 0 Å². The molecule has 0 aliphatic carbocycles. The smallest absolute Gasteiger partial charge is 0.239 e. The van der Waals surface area contributed by atoms with E-state index in [2.05, 4.69) is 17.1 Å². The molecule has 3 saturated heterocycles. The first kappa shape index (κ1) is 23.5. The maximum absolute atomic E-state index is 13.0. The Hall–Kier alpha value is -0.560. The Morgan fingerprint density at radius 1 is 1.04 bits per heavy atom. The lowest BCUT2D eigenvalue weighted by atomic mass is 10.0. The number of piperazine rings is 1. The van der Waals surface area contributed by atoms with Gasteiger partial charge in [-0.05, 0) is 45.7 Å². The van der Waals surface area contributed by atoms with Gasteiger partial charge in [-0.3, -0.25) is 14.5 Å². The van der Waals surface area contributed by atoms with Crippen LogP contribution in [0.1, 0.15) is 45.4 Å². The minimum atomic E-state index is -0.0272. The zero-order valence-electron chi connectivity index (χ0n) is 15.8. The van der Waals surface area contributed by atoms with Gasteiger partial charge >= 0.3 is 0 Å². The van der Waals surface area contributed by atoms with Crippen molar-refractivity contribution in [2.24, 2.45) is 0 Å². The number of nitrogens with one attached hydrogen (secondary N) is 1. The quantitative estimate of drug-likeness (QED) is 0.768. The topological polar surface area (TPSA) is 55.9 Å². The average Bonchev–Trinajstić information content (AvgIpc) is 2.90. The highest BCUT2D eigenvalue weighted by atomic mass is 35.5. The Morgan fingerprint density at radius 2 is 1.73 bits per heavy atom. The van der Waals surface area contributed by atoms with Crippen molar-refractivity contribution in [2.75, 3.05) is 45.8 Å². The first-order valence-corrected chi connectivity index (χ1v) is 9.70. The van der Waals surface area contributed by atoms with Gasteiger partial charge in [0.15, 0.2) is 0 Å². The van der Waals surface area contributed by atoms with E-state index in [1.54, 1.807) is 0 Å². The number of halogens is 2. The van der Waals surface area contributed by atoms with E-state index < -0.39 is 0 Å². The summed E-state index contributed by atoms with van der Waals surface area (Å²) in [6, 6.07) is 0.175. The van der Waals surface area contributed by atoms with Gasteiger partial charge in [0.05, 0.1) is 12.6 Å². The van der Waals surface area contributed by atoms with Crippen LogP contribution in [0.2, 0.25) is 0 Å². The predicted octanol–water partition coefficient (Wildman–Crippen LogP) is 1.52. The van der Waals surface area contributed by atoms with Crippen molar-refractivity contribution in [1.82, 2.24) is 20.0 Å². The lowest BCUT2D eigenvalue weighted by molar-refractivity contribution is -0.143. The Morgan fingerprint density at radius 3 is 2.38 bits per heavy atom. The molecular formula is C18H34Cl2N4O2. The first-order chi connectivity index (χ1) is 11.7. The zero-order valence-corrected chi connectivity index (χ0v) is 17.5. The van der Waals surface area contributed by atoms with E-state index in [4.69, 9.17) is 0 Å². The normalized spacial score (nSPS) is 26.3. The maximum Gasteiger partial charge on any atom is 0.239 e. The highest BCUT2D eigenvalue weighted by Gasteiger charge is 2.34. The van der Waals surface area contributed by atoms with Crippen LogP contribution in [0.3, 0.4) is 0 Å². The second kappa shape index (κ2) is 11.3. The van der Waals surface area contributed by atoms with E-state index >= 15 is 0 Å². The molecule has 3 heterocycles. The highest BCUT2D eigenvalue weighted by molar-refractivity contribution is 5.85. The number of hydrogen-bond acceptors (Lipinski definition) is 4. The summed E-state index contributed by atoms with van der Waals surface area (Å²) in [4.78, 5) is 31.5. The number of nitrogens with zero attached hydrogens (tertiary/aromatic N) is 3. The van der Waals surface area contributed by atoms with E-state index in [1.165, 1.54) is 25.7 Å². The van der Waals surface area contributed by atoms with Crippen LogP contribution in [0.4, 0.5) is 0 Å². The number of carbonyl (C=O) groups excluding carboxylic acids is 2. The highest BCUT2D eigenvalue weighted by Crippen LogP contribution is 2.20. The van der Waals surface area contributed by atoms with Gasteiger partial charge in [0.25, 0.3) is 0 Å². The third-order valence-electron chi connectivity index (χ3n) is 5.82. The SMILES string of the molecule is CC(C(=O)N1CCCC(N2CCNCC2=O)C1)N1CCCCCC1.Cl.Cl. The number of hydrogen-bond donors (Lipinski definition) is 1. The molecule has 2 unspecified atom stereocenters. The van der Waals surface area contributed by atoms with Crippen LogP contribution < -0.4 is 5.32 Å². The number of carbonyl (C=O) groups is 2. The molecule has 0 radical (unpaired) electrons. The molecule has 3 aliphatic rings. The van der Waals surface area contributed by atoms with E-state index in [0.717, 1.165) is 45.6 Å². The Labute approximate surface area is 169 Å². The summed E-state index contributed by atoms with van der Waals surface area (Å²) in [6.45, 7) is 7.77. The standard InChI is InChI=1S/C18H32N4O2.2ClH/c1-15(20-9-4-2-3-5-10-20)18(24)21-11-6-7-16(14-21)22-12-8-19-13-17(22)23;;/h15-16,19H,2-14H2,1H3;2*1H. The van der Waals surface area contributed by atoms with Crippen LogP contribution in [0, 0.1) is 0 Å². The molecule has 0 saturated carbocycles. The van der Waals surface area contributed by atoms with Crippen molar-refractivity contribution >= 4 is 36.6 Å². The van der Waals surface area contributed by atoms with Gasteiger partial charge in [0.2, 0.25) is 11.8 Å². The number of piperidine rings is 1. The largest absolute Gasteiger partial charge is 0.339 e. The van der Waals surface area contributed by atoms with Gasteiger partial charge in [-0.15, -0.1) is 24.8 Å². The minimum Gasteiger partial charge on any atom is -0.339 e. The molecule has 3 fully saturated rings.